The van der Waals surface area contributed by atoms with Crippen molar-refractivity contribution in [3.63, 3.8) is 0 Å². The van der Waals surface area contributed by atoms with E-state index in [1.807, 2.05) is 0 Å². The fraction of sp³-hybridized carbons (Fsp3) is 0.429. The van der Waals surface area contributed by atoms with Crippen LogP contribution in [0.15, 0.2) is 24.3 Å². The van der Waals surface area contributed by atoms with Crippen molar-refractivity contribution < 1.29 is 23.3 Å². The van der Waals surface area contributed by atoms with Crippen molar-refractivity contribution in [1.82, 2.24) is 0 Å². The summed E-state index contributed by atoms with van der Waals surface area (Å²) >= 11 is 0. The van der Waals surface area contributed by atoms with E-state index in [1.54, 1.807) is 31.2 Å². The van der Waals surface area contributed by atoms with Gasteiger partial charge in [0.1, 0.15) is 11.5 Å². The first-order valence-electron chi connectivity index (χ1n) is 6.33. The molecule has 116 valence electrons. The summed E-state index contributed by atoms with van der Waals surface area (Å²) in [7, 11) is 1.38. The molecule has 2 unspecified atom stereocenters. The number of nitrogens with one attached hydrogen (secondary N) is 1. The molecule has 6 nitrogen and oxygen atoms in total. The Bertz CT molecular complexity index is 532. The van der Waals surface area contributed by atoms with E-state index in [4.69, 9.17) is 4.74 Å². The number of ether oxygens (including phenoxy) is 2. The molecule has 0 aromatic heterocycles. The molecule has 1 aromatic carbocycles. The van der Waals surface area contributed by atoms with Gasteiger partial charge in [-0.1, -0.05) is 13.0 Å². The van der Waals surface area contributed by atoms with E-state index in [-0.39, 0.29) is 17.4 Å². The topological polar surface area (TPSA) is 81.7 Å². The number of carbonyl (C=O) groups excluding carboxylic acids is 2. The van der Waals surface area contributed by atoms with Crippen LogP contribution in [0.25, 0.3) is 0 Å². The van der Waals surface area contributed by atoms with Gasteiger partial charge in [-0.15, -0.1) is 0 Å². The van der Waals surface area contributed by atoms with Gasteiger partial charge >= 0.3 is 5.97 Å². The number of anilines is 1. The molecule has 0 aliphatic carbocycles. The molecule has 0 saturated carbocycles. The van der Waals surface area contributed by atoms with Gasteiger partial charge in [0, 0.05) is 28.3 Å². The zero-order valence-electron chi connectivity index (χ0n) is 12.3. The molecular formula is C14H19NO5S. The van der Waals surface area contributed by atoms with Gasteiger partial charge in [0.2, 0.25) is 5.91 Å². The number of hydrogen-bond acceptors (Lipinski definition) is 5. The second-order valence-electron chi connectivity index (χ2n) is 4.46. The van der Waals surface area contributed by atoms with Gasteiger partial charge < -0.3 is 14.8 Å². The summed E-state index contributed by atoms with van der Waals surface area (Å²) in [6.07, 6.45) is 0. The molecule has 1 aromatic rings. The van der Waals surface area contributed by atoms with Crippen LogP contribution in [0.3, 0.4) is 0 Å². The maximum atomic E-state index is 11.8. The summed E-state index contributed by atoms with van der Waals surface area (Å²) in [4.78, 5) is 23.0. The maximum Gasteiger partial charge on any atom is 0.309 e. The Morgan fingerprint density at radius 1 is 1.33 bits per heavy atom. The van der Waals surface area contributed by atoms with Crippen molar-refractivity contribution in [3.05, 3.63) is 24.3 Å². The second kappa shape index (κ2) is 8.41. The summed E-state index contributed by atoms with van der Waals surface area (Å²) in [6, 6.07) is 6.87. The van der Waals surface area contributed by atoms with Crippen LogP contribution in [0.1, 0.15) is 6.92 Å². The number of esters is 1. The fourth-order valence-electron chi connectivity index (χ4n) is 1.65. The molecule has 1 amide bonds. The van der Waals surface area contributed by atoms with E-state index in [2.05, 4.69) is 10.1 Å². The first kappa shape index (κ1) is 17.2. The highest BCUT2D eigenvalue weighted by Crippen LogP contribution is 2.16. The molecular weight excluding hydrogens is 294 g/mol. The summed E-state index contributed by atoms with van der Waals surface area (Å²) in [6.45, 7) is 1.61. The SMILES string of the molecule is COC(=O)C(C)CS(=O)CC(=O)Nc1cccc(OC)c1. The van der Waals surface area contributed by atoms with Crippen LogP contribution in [0.5, 0.6) is 5.75 Å². The quantitative estimate of drug-likeness (QED) is 0.765. The zero-order chi connectivity index (χ0) is 15.8. The summed E-state index contributed by atoms with van der Waals surface area (Å²) < 4.78 is 21.4. The van der Waals surface area contributed by atoms with Crippen LogP contribution in [0, 0.1) is 5.92 Å². The largest absolute Gasteiger partial charge is 0.497 e. The van der Waals surface area contributed by atoms with Crippen molar-refractivity contribution in [1.29, 1.82) is 0 Å². The molecule has 0 bridgehead atoms. The highest BCUT2D eigenvalue weighted by atomic mass is 32.2. The molecule has 0 saturated heterocycles. The predicted octanol–water partition coefficient (Wildman–Crippen LogP) is 1.19. The number of hydrogen-bond donors (Lipinski definition) is 1. The molecule has 0 radical (unpaired) electrons. The second-order valence-corrected chi connectivity index (χ2v) is 5.96. The summed E-state index contributed by atoms with van der Waals surface area (Å²) in [5.41, 5.74) is 0.567. The Hall–Kier alpha value is -1.89. The van der Waals surface area contributed by atoms with Gasteiger partial charge in [-0.3, -0.25) is 13.8 Å². The van der Waals surface area contributed by atoms with Gasteiger partial charge in [-0.2, -0.15) is 0 Å². The molecule has 1 N–H and O–H groups in total. The minimum Gasteiger partial charge on any atom is -0.497 e. The Morgan fingerprint density at radius 3 is 2.67 bits per heavy atom. The van der Waals surface area contributed by atoms with E-state index in [0.717, 1.165) is 0 Å². The van der Waals surface area contributed by atoms with Gasteiger partial charge in [0.25, 0.3) is 0 Å². The van der Waals surface area contributed by atoms with E-state index < -0.39 is 22.7 Å². The Kier molecular flexibility index (Phi) is 6.87. The van der Waals surface area contributed by atoms with Crippen LogP contribution in [-0.4, -0.2) is 41.8 Å². The lowest BCUT2D eigenvalue weighted by Crippen LogP contribution is -2.25. The van der Waals surface area contributed by atoms with E-state index in [9.17, 15) is 13.8 Å². The molecule has 0 aliphatic rings. The summed E-state index contributed by atoms with van der Waals surface area (Å²) in [5.74, 6) is -0.764. The first-order chi connectivity index (χ1) is 9.96. The number of carbonyl (C=O) groups is 2. The van der Waals surface area contributed by atoms with E-state index in [1.165, 1.54) is 14.2 Å². The fourth-order valence-corrected chi connectivity index (χ4v) is 2.83. The van der Waals surface area contributed by atoms with Crippen molar-refractivity contribution >= 4 is 28.4 Å². The Morgan fingerprint density at radius 2 is 2.05 bits per heavy atom. The minimum atomic E-state index is -1.43. The number of methoxy groups -OCH3 is 2. The zero-order valence-corrected chi connectivity index (χ0v) is 13.1. The molecule has 0 heterocycles. The van der Waals surface area contributed by atoms with Gasteiger partial charge in [-0.05, 0) is 12.1 Å². The molecule has 2 atom stereocenters. The lowest BCUT2D eigenvalue weighted by atomic mass is 10.2. The third kappa shape index (κ3) is 5.95. The van der Waals surface area contributed by atoms with Gasteiger partial charge in [0.05, 0.1) is 20.1 Å². The molecule has 0 fully saturated rings. The molecule has 0 spiro atoms. The predicted molar refractivity (Wildman–Crippen MR) is 80.7 cm³/mol. The lowest BCUT2D eigenvalue weighted by Gasteiger charge is -2.09. The third-order valence-electron chi connectivity index (χ3n) is 2.69. The van der Waals surface area contributed by atoms with E-state index in [0.29, 0.717) is 11.4 Å². The average Bonchev–Trinajstić information content (AvgIpc) is 2.45. The van der Waals surface area contributed by atoms with Gasteiger partial charge in [-0.25, -0.2) is 0 Å². The van der Waals surface area contributed by atoms with Crippen molar-refractivity contribution in [3.8, 4) is 5.75 Å². The minimum absolute atomic E-state index is 0.0954. The van der Waals surface area contributed by atoms with Crippen molar-refractivity contribution in [2.45, 2.75) is 6.92 Å². The van der Waals surface area contributed by atoms with Crippen LogP contribution in [0.2, 0.25) is 0 Å². The normalized spacial score (nSPS) is 13.1. The summed E-state index contributed by atoms with van der Waals surface area (Å²) in [5, 5.41) is 2.64. The molecule has 0 aliphatic heterocycles. The molecule has 1 rings (SSSR count). The first-order valence-corrected chi connectivity index (χ1v) is 7.81. The van der Waals surface area contributed by atoms with Crippen molar-refractivity contribution in [2.24, 2.45) is 5.92 Å². The van der Waals surface area contributed by atoms with Crippen LogP contribution < -0.4 is 10.1 Å². The van der Waals surface area contributed by atoms with Crippen molar-refractivity contribution in [2.75, 3.05) is 31.0 Å². The van der Waals surface area contributed by atoms with E-state index >= 15 is 0 Å². The highest BCUT2D eigenvalue weighted by Gasteiger charge is 2.18. The average molecular weight is 313 g/mol. The smallest absolute Gasteiger partial charge is 0.309 e. The third-order valence-corrected chi connectivity index (χ3v) is 4.14. The monoisotopic (exact) mass is 313 g/mol. The number of benzene rings is 1. The highest BCUT2D eigenvalue weighted by molar-refractivity contribution is 7.85. The standard InChI is InChI=1S/C14H19NO5S/c1-10(14(17)20-3)8-21(18)9-13(16)15-11-5-4-6-12(7-11)19-2/h4-7,10H,8-9H2,1-3H3,(H,15,16). The number of rotatable bonds is 7. The Labute approximate surface area is 126 Å². The van der Waals surface area contributed by atoms with Gasteiger partial charge in [0.15, 0.2) is 0 Å². The van der Waals surface area contributed by atoms with Crippen LogP contribution >= 0.6 is 0 Å². The number of amides is 1. The Balaban J connectivity index is 2.49. The van der Waals surface area contributed by atoms with Crippen LogP contribution in [0.4, 0.5) is 5.69 Å². The van der Waals surface area contributed by atoms with Crippen LogP contribution in [-0.2, 0) is 25.1 Å². The lowest BCUT2D eigenvalue weighted by molar-refractivity contribution is -0.144. The molecule has 21 heavy (non-hydrogen) atoms. The maximum absolute atomic E-state index is 11.8. The molecule has 7 heteroatoms.